The van der Waals surface area contributed by atoms with Crippen LogP contribution in [0.3, 0.4) is 0 Å². The van der Waals surface area contributed by atoms with Crippen molar-refractivity contribution in [1.29, 1.82) is 0 Å². The number of benzene rings is 3. The van der Waals surface area contributed by atoms with Crippen LogP contribution in [0.1, 0.15) is 80.6 Å². The van der Waals surface area contributed by atoms with E-state index in [1.54, 1.807) is 0 Å². The van der Waals surface area contributed by atoms with E-state index in [0.29, 0.717) is 0 Å². The summed E-state index contributed by atoms with van der Waals surface area (Å²) < 4.78 is 32.9. The third-order valence-corrected chi connectivity index (χ3v) is 8.56. The highest BCUT2D eigenvalue weighted by atomic mass is 16.5. The molecule has 0 aromatic heterocycles. The summed E-state index contributed by atoms with van der Waals surface area (Å²) in [6.07, 6.45) is 5.87. The highest BCUT2D eigenvalue weighted by Gasteiger charge is 2.39. The molecule has 6 heteroatoms. The van der Waals surface area contributed by atoms with Crippen LogP contribution in [0.4, 0.5) is 0 Å². The Hall–Kier alpha value is -3.06. The lowest BCUT2D eigenvalue weighted by Crippen LogP contribution is -2.46. The quantitative estimate of drug-likeness (QED) is 0.192. The first-order valence-electron chi connectivity index (χ1n) is 18.1. The van der Waals surface area contributed by atoms with Gasteiger partial charge in [-0.25, -0.2) is 0 Å². The molecule has 48 heavy (non-hydrogen) atoms. The normalized spacial score (nSPS) is 17.1. The average Bonchev–Trinajstić information content (AvgIpc) is 3.07. The van der Waals surface area contributed by atoms with Crippen LogP contribution in [0.5, 0.6) is 17.2 Å². The Bertz CT molecular complexity index is 994. The van der Waals surface area contributed by atoms with Crippen LogP contribution in [-0.2, 0) is 14.2 Å². The number of hydrogen-bond donors (Lipinski definition) is 0. The largest absolute Gasteiger partial charge is 0.493 e. The minimum Gasteiger partial charge on any atom is -0.493 e. The molecule has 0 bridgehead atoms. The van der Waals surface area contributed by atoms with E-state index in [1.165, 1.54) is 12.8 Å². The van der Waals surface area contributed by atoms with E-state index in [9.17, 15) is 0 Å². The van der Waals surface area contributed by atoms with E-state index in [2.05, 4.69) is 48.5 Å². The van der Waals surface area contributed by atoms with Crippen LogP contribution in [0.2, 0.25) is 0 Å². The van der Waals surface area contributed by atoms with Gasteiger partial charge in [0.05, 0.1) is 75.7 Å². The van der Waals surface area contributed by atoms with Crippen LogP contribution in [0.15, 0.2) is 91.0 Å². The van der Waals surface area contributed by atoms with E-state index >= 15 is 0 Å². The third-order valence-electron chi connectivity index (χ3n) is 8.56. The first-order chi connectivity index (χ1) is 23.4. The Morgan fingerprint density at radius 1 is 0.396 bits per heavy atom. The summed E-state index contributed by atoms with van der Waals surface area (Å²) in [7, 11) is 0. The van der Waals surface area contributed by atoms with Gasteiger partial charge in [-0.05, 0) is 55.7 Å². The second-order valence-electron chi connectivity index (χ2n) is 13.3. The summed E-state index contributed by atoms with van der Waals surface area (Å²) in [6.45, 7) is 22.4. The van der Waals surface area contributed by atoms with Crippen molar-refractivity contribution < 1.29 is 28.4 Å². The second kappa shape index (κ2) is 23.3. The molecule has 3 saturated heterocycles. The first-order valence-corrected chi connectivity index (χ1v) is 18.1. The lowest BCUT2D eigenvalue weighted by molar-refractivity contribution is -0.133. The molecule has 3 fully saturated rings. The summed E-state index contributed by atoms with van der Waals surface area (Å²) in [5.74, 6) is 2.85. The Kier molecular flexibility index (Phi) is 20.0. The van der Waals surface area contributed by atoms with Gasteiger partial charge in [0, 0.05) is 0 Å². The molecule has 0 aliphatic carbocycles. The maximum absolute atomic E-state index is 5.72. The fourth-order valence-corrected chi connectivity index (χ4v) is 4.60. The topological polar surface area (TPSA) is 55.4 Å². The van der Waals surface area contributed by atoms with Crippen molar-refractivity contribution in [3.05, 3.63) is 91.0 Å². The standard InChI is InChI=1S/3C12H16O2.2C3H8/c3*1-2-12(8-13-9-12)10-14-11-6-4-3-5-7-11;2*1-3-2/h3*3-7H,2,8-10H2,1H3;2*3H2,1-2H3. The molecule has 3 aliphatic heterocycles. The minimum atomic E-state index is 0.274. The molecule has 0 saturated carbocycles. The first kappa shape index (κ1) is 41.1. The zero-order chi connectivity index (χ0) is 35.0. The third kappa shape index (κ3) is 14.6. The van der Waals surface area contributed by atoms with Gasteiger partial charge in [0.1, 0.15) is 17.2 Å². The van der Waals surface area contributed by atoms with Crippen LogP contribution in [0.25, 0.3) is 0 Å². The molecule has 0 N–H and O–H groups in total. The van der Waals surface area contributed by atoms with Gasteiger partial charge in [0.15, 0.2) is 0 Å². The predicted molar refractivity (Wildman–Crippen MR) is 198 cm³/mol. The molecule has 0 atom stereocenters. The zero-order valence-electron chi connectivity index (χ0n) is 31.0. The van der Waals surface area contributed by atoms with Crippen molar-refractivity contribution in [1.82, 2.24) is 0 Å². The van der Waals surface area contributed by atoms with Gasteiger partial charge in [-0.15, -0.1) is 0 Å². The van der Waals surface area contributed by atoms with Gasteiger partial charge in [-0.2, -0.15) is 0 Å². The minimum absolute atomic E-state index is 0.274. The molecule has 3 aliphatic rings. The fraction of sp³-hybridized carbons (Fsp3) is 0.571. The van der Waals surface area contributed by atoms with Crippen LogP contribution >= 0.6 is 0 Å². The summed E-state index contributed by atoms with van der Waals surface area (Å²) >= 11 is 0. The molecule has 6 rings (SSSR count). The summed E-state index contributed by atoms with van der Waals surface area (Å²) in [5, 5.41) is 0. The Morgan fingerprint density at radius 3 is 0.750 bits per heavy atom. The van der Waals surface area contributed by atoms with Gasteiger partial charge in [-0.1, -0.05) is 116 Å². The van der Waals surface area contributed by atoms with Crippen molar-refractivity contribution in [2.24, 2.45) is 16.2 Å². The Balaban J connectivity index is 0.000000231. The molecule has 0 radical (unpaired) electrons. The van der Waals surface area contributed by atoms with Crippen molar-refractivity contribution in [2.75, 3.05) is 59.5 Å². The molecule has 3 heterocycles. The van der Waals surface area contributed by atoms with Crippen molar-refractivity contribution in [3.8, 4) is 17.2 Å². The summed E-state index contributed by atoms with van der Waals surface area (Å²) in [4.78, 5) is 0. The number of para-hydroxylation sites is 3. The van der Waals surface area contributed by atoms with Gasteiger partial charge < -0.3 is 28.4 Å². The van der Waals surface area contributed by atoms with Crippen LogP contribution < -0.4 is 14.2 Å². The molecule has 6 nitrogen and oxygen atoms in total. The smallest absolute Gasteiger partial charge is 0.119 e. The molecule has 3 aromatic carbocycles. The monoisotopic (exact) mass is 664 g/mol. The Morgan fingerprint density at radius 2 is 0.604 bits per heavy atom. The Labute approximate surface area is 292 Å². The molecule has 0 amide bonds. The van der Waals surface area contributed by atoms with E-state index < -0.39 is 0 Å². The van der Waals surface area contributed by atoms with E-state index in [-0.39, 0.29) is 16.2 Å². The molecule has 3 aromatic rings. The van der Waals surface area contributed by atoms with Crippen LogP contribution in [0, 0.1) is 16.2 Å². The fourth-order valence-electron chi connectivity index (χ4n) is 4.60. The number of rotatable bonds is 12. The van der Waals surface area contributed by atoms with E-state index in [4.69, 9.17) is 28.4 Å². The summed E-state index contributed by atoms with van der Waals surface area (Å²) in [6, 6.07) is 29.9. The average molecular weight is 665 g/mol. The second-order valence-corrected chi connectivity index (χ2v) is 13.3. The van der Waals surface area contributed by atoms with E-state index in [0.717, 1.165) is 96.0 Å². The molecular weight excluding hydrogens is 600 g/mol. The van der Waals surface area contributed by atoms with Crippen molar-refractivity contribution in [3.63, 3.8) is 0 Å². The van der Waals surface area contributed by atoms with E-state index in [1.807, 2.05) is 91.0 Å². The highest BCUT2D eigenvalue weighted by molar-refractivity contribution is 5.22. The molecule has 0 unspecified atom stereocenters. The van der Waals surface area contributed by atoms with Crippen molar-refractivity contribution in [2.45, 2.75) is 80.6 Å². The predicted octanol–water partition coefficient (Wildman–Crippen LogP) is 10.3. The van der Waals surface area contributed by atoms with Gasteiger partial charge in [-0.3, -0.25) is 0 Å². The zero-order valence-corrected chi connectivity index (χ0v) is 31.0. The number of ether oxygens (including phenoxy) is 6. The SMILES string of the molecule is CCC.CCC.CCC1(COc2ccccc2)COC1.CCC1(COc2ccccc2)COC1.CCC1(COc2ccccc2)COC1. The molecule has 268 valence electrons. The van der Waals surface area contributed by atoms with Crippen LogP contribution in [-0.4, -0.2) is 59.5 Å². The molecular formula is C42H64O6. The number of hydrogen-bond acceptors (Lipinski definition) is 6. The molecule has 0 spiro atoms. The van der Waals surface area contributed by atoms with Gasteiger partial charge in [0.25, 0.3) is 0 Å². The van der Waals surface area contributed by atoms with Gasteiger partial charge >= 0.3 is 0 Å². The lowest BCUT2D eigenvalue weighted by Gasteiger charge is -2.40. The van der Waals surface area contributed by atoms with Crippen molar-refractivity contribution >= 4 is 0 Å². The maximum Gasteiger partial charge on any atom is 0.119 e. The summed E-state index contributed by atoms with van der Waals surface area (Å²) in [5.41, 5.74) is 0.821. The van der Waals surface area contributed by atoms with Gasteiger partial charge in [0.2, 0.25) is 0 Å². The highest BCUT2D eigenvalue weighted by Crippen LogP contribution is 2.33. The maximum atomic E-state index is 5.72. The lowest BCUT2D eigenvalue weighted by atomic mass is 9.84.